The van der Waals surface area contributed by atoms with Gasteiger partial charge in [-0.1, -0.05) is 36.4 Å². The Kier molecular flexibility index (Phi) is 9.64. The summed E-state index contributed by atoms with van der Waals surface area (Å²) in [5, 5.41) is 7.79. The molecule has 2 aliphatic heterocycles. The van der Waals surface area contributed by atoms with Gasteiger partial charge in [-0.25, -0.2) is 19.6 Å². The van der Waals surface area contributed by atoms with Gasteiger partial charge < -0.3 is 39.9 Å². The topological polar surface area (TPSA) is 175 Å². The number of carbonyl (C=O) groups is 4. The van der Waals surface area contributed by atoms with Crippen LogP contribution in [0, 0.1) is 11.8 Å². The highest BCUT2D eigenvalue weighted by molar-refractivity contribution is 5.93. The highest BCUT2D eigenvalue weighted by Crippen LogP contribution is 2.40. The number of alkyl carbamates (subject to hydrolysis) is 2. The summed E-state index contributed by atoms with van der Waals surface area (Å²) in [6.07, 6.45) is 5.85. The van der Waals surface area contributed by atoms with Crippen molar-refractivity contribution in [1.82, 2.24) is 40.4 Å². The van der Waals surface area contributed by atoms with Crippen molar-refractivity contribution in [2.45, 2.75) is 75.5 Å². The number of imidazole rings is 2. The number of aromatic amines is 2. The van der Waals surface area contributed by atoms with Gasteiger partial charge in [0.25, 0.3) is 0 Å². The van der Waals surface area contributed by atoms with Gasteiger partial charge in [-0.3, -0.25) is 9.59 Å². The van der Waals surface area contributed by atoms with Crippen LogP contribution in [0.25, 0.3) is 55.1 Å². The average molecular weight is 809 g/mol. The Balaban J connectivity index is 0.854. The molecular weight excluding hydrogens is 761 g/mol. The predicted molar refractivity (Wildman–Crippen MR) is 226 cm³/mol. The molecule has 2 aliphatic carbocycles. The van der Waals surface area contributed by atoms with Crippen molar-refractivity contribution in [3.05, 3.63) is 84.4 Å². The van der Waals surface area contributed by atoms with Crippen LogP contribution in [0.4, 0.5) is 9.59 Å². The number of aromatic nitrogens is 4. The minimum absolute atomic E-state index is 0.0718. The molecule has 4 fully saturated rings. The summed E-state index contributed by atoms with van der Waals surface area (Å²) in [7, 11) is 2.63. The lowest BCUT2D eigenvalue weighted by Gasteiger charge is -2.28. The summed E-state index contributed by atoms with van der Waals surface area (Å²) in [4.78, 5) is 72.1. The Labute approximate surface area is 346 Å². The number of H-pyrrole nitrogens is 2. The van der Waals surface area contributed by atoms with Gasteiger partial charge in [0, 0.05) is 13.1 Å². The van der Waals surface area contributed by atoms with Crippen LogP contribution >= 0.6 is 0 Å². The molecule has 14 nitrogen and oxygen atoms in total. The number of nitrogens with one attached hydrogen (secondary N) is 4. The lowest BCUT2D eigenvalue weighted by Crippen LogP contribution is -2.49. The lowest BCUT2D eigenvalue weighted by atomic mass is 9.97. The zero-order valence-electron chi connectivity index (χ0n) is 33.7. The normalized spacial score (nSPS) is 20.1. The Morgan fingerprint density at radius 1 is 0.583 bits per heavy atom. The zero-order chi connectivity index (χ0) is 41.1. The highest BCUT2D eigenvalue weighted by Gasteiger charge is 2.44. The largest absolute Gasteiger partial charge is 0.453 e. The Hall–Kier alpha value is -6.44. The van der Waals surface area contributed by atoms with E-state index >= 15 is 0 Å². The monoisotopic (exact) mass is 808 g/mol. The first-order valence-electron chi connectivity index (χ1n) is 21.1. The van der Waals surface area contributed by atoms with E-state index in [1.165, 1.54) is 14.2 Å². The number of ether oxygens (including phenoxy) is 2. The maximum atomic E-state index is 13.7. The maximum Gasteiger partial charge on any atom is 0.407 e. The smallest absolute Gasteiger partial charge is 0.407 e. The van der Waals surface area contributed by atoms with Crippen LogP contribution in [0.3, 0.4) is 0 Å². The van der Waals surface area contributed by atoms with Crippen molar-refractivity contribution < 1.29 is 28.7 Å². The van der Waals surface area contributed by atoms with Crippen LogP contribution in [-0.4, -0.2) is 93.1 Å². The van der Waals surface area contributed by atoms with E-state index in [1.807, 2.05) is 21.9 Å². The van der Waals surface area contributed by atoms with Crippen molar-refractivity contribution in [3.63, 3.8) is 0 Å². The fourth-order valence-corrected chi connectivity index (χ4v) is 9.32. The van der Waals surface area contributed by atoms with Crippen molar-refractivity contribution >= 4 is 56.8 Å². The molecule has 0 bridgehead atoms. The molecule has 0 unspecified atom stereocenters. The van der Waals surface area contributed by atoms with E-state index in [9.17, 15) is 19.2 Å². The van der Waals surface area contributed by atoms with Crippen LogP contribution < -0.4 is 10.6 Å². The number of nitrogens with zero attached hydrogens (tertiary/aromatic N) is 4. The van der Waals surface area contributed by atoms with Crippen LogP contribution in [0.15, 0.2) is 72.8 Å². The number of carbonyl (C=O) groups excluding carboxylic acids is 4. The molecule has 0 spiro atoms. The van der Waals surface area contributed by atoms with E-state index in [1.54, 1.807) is 0 Å². The predicted octanol–water partition coefficient (Wildman–Crippen LogP) is 7.52. The zero-order valence-corrected chi connectivity index (χ0v) is 33.7. The summed E-state index contributed by atoms with van der Waals surface area (Å²) in [6.45, 7) is 1.25. The molecule has 4 amide bonds. The van der Waals surface area contributed by atoms with Gasteiger partial charge in [-0.05, 0) is 133 Å². The molecule has 4 N–H and O–H groups in total. The average Bonchev–Trinajstić information content (AvgIpc) is 4.05. The first-order chi connectivity index (χ1) is 29.2. The van der Waals surface area contributed by atoms with Crippen molar-refractivity contribution in [2.24, 2.45) is 11.8 Å². The molecule has 6 aromatic rings. The van der Waals surface area contributed by atoms with Crippen LogP contribution in [0.1, 0.15) is 75.1 Å². The van der Waals surface area contributed by atoms with E-state index in [-0.39, 0.29) is 35.7 Å². The Morgan fingerprint density at radius 2 is 0.983 bits per heavy atom. The second-order valence-electron chi connectivity index (χ2n) is 16.8. The number of hydrogen-bond acceptors (Lipinski definition) is 8. The third-order valence-corrected chi connectivity index (χ3v) is 12.8. The SMILES string of the molecule is COC(=O)N[C@H](C(=O)N1CCC[C@H]1c1nc2ccc(-c3ccc4cc(-c5ccc6nc([C@@H]7CCCN7C(=O)[C@@H](NC(=O)OC)C7CC7)[nH]c6c5)ccc4c3)cc2[nH]1)C1CC1. The molecule has 4 heterocycles. The molecule has 4 aliphatic rings. The first-order valence-corrected chi connectivity index (χ1v) is 21.1. The van der Waals surface area contributed by atoms with Crippen LogP contribution in [0.5, 0.6) is 0 Å². The van der Waals surface area contributed by atoms with E-state index in [0.29, 0.717) is 13.1 Å². The molecule has 0 radical (unpaired) electrons. The number of rotatable bonds is 10. The first kappa shape index (κ1) is 37.8. The van der Waals surface area contributed by atoms with Crippen LogP contribution in [0.2, 0.25) is 0 Å². The second kappa shape index (κ2) is 15.3. The van der Waals surface area contributed by atoms with Gasteiger partial charge in [0.05, 0.1) is 48.4 Å². The van der Waals surface area contributed by atoms with Gasteiger partial charge >= 0.3 is 12.2 Å². The molecule has 4 atom stereocenters. The third-order valence-electron chi connectivity index (χ3n) is 12.8. The van der Waals surface area contributed by atoms with Gasteiger partial charge in [-0.15, -0.1) is 0 Å². The number of likely N-dealkylation sites (tertiary alicyclic amines) is 2. The maximum absolute atomic E-state index is 13.7. The van der Waals surface area contributed by atoms with Crippen molar-refractivity contribution in [1.29, 1.82) is 0 Å². The number of amides is 4. The summed E-state index contributed by atoms with van der Waals surface area (Å²) in [5.74, 6) is 1.67. The lowest BCUT2D eigenvalue weighted by molar-refractivity contribution is -0.135. The molecule has 60 heavy (non-hydrogen) atoms. The molecule has 2 aromatic heterocycles. The summed E-state index contributed by atoms with van der Waals surface area (Å²) < 4.78 is 9.62. The Bertz CT molecular complexity index is 2480. The van der Waals surface area contributed by atoms with Gasteiger partial charge in [-0.2, -0.15) is 0 Å². The minimum Gasteiger partial charge on any atom is -0.453 e. The Morgan fingerprint density at radius 3 is 1.38 bits per heavy atom. The molecule has 2 saturated carbocycles. The fourth-order valence-electron chi connectivity index (χ4n) is 9.32. The third kappa shape index (κ3) is 7.17. The second-order valence-corrected chi connectivity index (χ2v) is 16.8. The van der Waals surface area contributed by atoms with Gasteiger partial charge in [0.2, 0.25) is 11.8 Å². The standard InChI is InChI=1S/C46H48N8O6/c1-59-45(57)51-39(25-7-8-25)43(55)53-19-3-5-37(53)41-47-33-17-15-31(23-35(33)49-41)29-13-11-28-22-30(14-12-27(28)21-29)32-16-18-34-36(24-32)50-42(48-34)38-6-4-20-54(38)44(56)40(26-9-10-26)52-46(58)60-2/h11-18,21-26,37-40H,3-10,19-20H2,1-2H3,(H,47,49)(H,48,50)(H,51,57)(H,52,58)/t37-,38-,39-,40-/m0/s1. The van der Waals surface area contributed by atoms with Crippen molar-refractivity contribution in [2.75, 3.05) is 27.3 Å². The van der Waals surface area contributed by atoms with Gasteiger partial charge in [0.1, 0.15) is 23.7 Å². The van der Waals surface area contributed by atoms with E-state index in [0.717, 1.165) is 118 Å². The molecule has 10 rings (SSSR count). The number of methoxy groups -OCH3 is 2. The van der Waals surface area contributed by atoms with Crippen molar-refractivity contribution in [3.8, 4) is 22.3 Å². The van der Waals surface area contributed by atoms with E-state index in [4.69, 9.17) is 19.4 Å². The molecule has 14 heteroatoms. The molecule has 2 saturated heterocycles. The van der Waals surface area contributed by atoms with Crippen LogP contribution in [-0.2, 0) is 19.1 Å². The van der Waals surface area contributed by atoms with E-state index < -0.39 is 24.3 Å². The summed E-state index contributed by atoms with van der Waals surface area (Å²) >= 11 is 0. The number of benzene rings is 4. The summed E-state index contributed by atoms with van der Waals surface area (Å²) in [6, 6.07) is 23.9. The van der Waals surface area contributed by atoms with Gasteiger partial charge in [0.15, 0.2) is 0 Å². The minimum atomic E-state index is -0.581. The quantitative estimate of drug-likeness (QED) is 0.110. The summed E-state index contributed by atoms with van der Waals surface area (Å²) in [5.41, 5.74) is 7.79. The molecule has 308 valence electrons. The fraction of sp³-hybridized carbons (Fsp3) is 0.391. The van der Waals surface area contributed by atoms with E-state index in [2.05, 4.69) is 81.3 Å². The molecular formula is C46H48N8O6. The highest BCUT2D eigenvalue weighted by atomic mass is 16.5. The number of fused-ring (bicyclic) bond motifs is 3. The number of hydrogen-bond donors (Lipinski definition) is 4. The molecule has 4 aromatic carbocycles.